The zero-order chi connectivity index (χ0) is 26.5. The average Bonchev–Trinajstić information content (AvgIpc) is 3.32. The topological polar surface area (TPSA) is 64.8 Å². The minimum Gasteiger partial charge on any atom is -0.494 e. The van der Waals surface area contributed by atoms with Crippen molar-refractivity contribution in [1.82, 2.24) is 19.7 Å². The van der Waals surface area contributed by atoms with Gasteiger partial charge in [0, 0.05) is 23.5 Å². The van der Waals surface area contributed by atoms with E-state index >= 15 is 0 Å². The van der Waals surface area contributed by atoms with Crippen LogP contribution in [0.5, 0.6) is 5.75 Å². The fourth-order valence-electron chi connectivity index (χ4n) is 5.29. The number of aromatic nitrogens is 3. The van der Waals surface area contributed by atoms with Gasteiger partial charge in [0.05, 0.1) is 18.7 Å². The molecule has 3 aromatic rings. The number of aryl methyl sites for hydroxylation is 1. The number of hydrogen-bond acceptors (Lipinski definition) is 7. The van der Waals surface area contributed by atoms with Crippen molar-refractivity contribution < 1.29 is 22.7 Å². The number of oxime groups is 1. The summed E-state index contributed by atoms with van der Waals surface area (Å²) in [4.78, 5) is 12.1. The molecule has 6 rings (SSSR count). The van der Waals surface area contributed by atoms with Crippen LogP contribution in [-0.4, -0.2) is 57.3 Å². The summed E-state index contributed by atoms with van der Waals surface area (Å²) in [7, 11) is 1.62. The number of rotatable bonds is 4. The molecule has 2 saturated heterocycles. The highest BCUT2D eigenvalue weighted by atomic mass is 32.2. The molecule has 11 heteroatoms. The summed E-state index contributed by atoms with van der Waals surface area (Å²) in [6, 6.07) is 11.1. The molecule has 4 heterocycles. The molecule has 3 aliphatic heterocycles. The maximum absolute atomic E-state index is 13.1. The minimum atomic E-state index is -4.37. The van der Waals surface area contributed by atoms with Crippen molar-refractivity contribution in [1.29, 1.82) is 0 Å². The van der Waals surface area contributed by atoms with Gasteiger partial charge in [-0.3, -0.25) is 0 Å². The van der Waals surface area contributed by atoms with Crippen LogP contribution in [0.25, 0.3) is 11.8 Å². The van der Waals surface area contributed by atoms with Crippen molar-refractivity contribution in [2.24, 2.45) is 10.6 Å². The number of fused-ring (bicyclic) bond motifs is 1. The molecular formula is C27H26F3N5O2S. The first-order chi connectivity index (χ1) is 18.2. The van der Waals surface area contributed by atoms with Crippen LogP contribution in [-0.2, 0) is 11.0 Å². The van der Waals surface area contributed by atoms with Gasteiger partial charge in [-0.2, -0.15) is 30.0 Å². The molecule has 1 aromatic heterocycles. The van der Waals surface area contributed by atoms with Crippen molar-refractivity contribution in [3.8, 4) is 11.4 Å². The number of ether oxygens (including phenoxy) is 1. The molecule has 198 valence electrons. The van der Waals surface area contributed by atoms with E-state index < -0.39 is 11.7 Å². The second-order valence-electron chi connectivity index (χ2n) is 9.98. The smallest absolute Gasteiger partial charge is 0.416 e. The van der Waals surface area contributed by atoms with Crippen LogP contribution in [0.1, 0.15) is 35.0 Å². The Labute approximate surface area is 222 Å². The molecule has 1 spiro atoms. The Kier molecular flexibility index (Phi) is 6.13. The van der Waals surface area contributed by atoms with Crippen LogP contribution in [0.15, 0.2) is 59.5 Å². The van der Waals surface area contributed by atoms with Crippen LogP contribution in [0.4, 0.5) is 13.2 Å². The van der Waals surface area contributed by atoms with Crippen LogP contribution in [0, 0.1) is 12.3 Å². The maximum Gasteiger partial charge on any atom is 0.416 e. The van der Waals surface area contributed by atoms with Gasteiger partial charge in [-0.15, -0.1) is 0 Å². The van der Waals surface area contributed by atoms with E-state index in [1.165, 1.54) is 0 Å². The second kappa shape index (κ2) is 9.37. The second-order valence-corrected chi connectivity index (χ2v) is 11.0. The Morgan fingerprint density at radius 3 is 2.58 bits per heavy atom. The van der Waals surface area contributed by atoms with Crippen LogP contribution in [0.3, 0.4) is 0 Å². The maximum atomic E-state index is 13.1. The summed E-state index contributed by atoms with van der Waals surface area (Å²) in [6.45, 7) is 2.90. The molecule has 0 bridgehead atoms. The highest BCUT2D eigenvalue weighted by Gasteiger charge is 2.48. The minimum absolute atomic E-state index is 0.0965. The zero-order valence-electron chi connectivity index (χ0n) is 20.9. The third kappa shape index (κ3) is 4.53. The number of piperidine rings is 1. The lowest BCUT2D eigenvalue weighted by Gasteiger charge is -2.52. The van der Waals surface area contributed by atoms with Crippen molar-refractivity contribution in [2.75, 3.05) is 31.8 Å². The van der Waals surface area contributed by atoms with Gasteiger partial charge in [-0.25, -0.2) is 9.67 Å². The molecule has 38 heavy (non-hydrogen) atoms. The lowest BCUT2D eigenvalue weighted by Crippen LogP contribution is -2.56. The molecule has 0 N–H and O–H groups in total. The van der Waals surface area contributed by atoms with Gasteiger partial charge in [0.2, 0.25) is 0 Å². The summed E-state index contributed by atoms with van der Waals surface area (Å²) < 4.78 is 46.8. The highest BCUT2D eigenvalue weighted by molar-refractivity contribution is 8.00. The third-order valence-electron chi connectivity index (χ3n) is 7.23. The molecule has 2 aromatic carbocycles. The first-order valence-corrected chi connectivity index (χ1v) is 13.4. The Hall–Kier alpha value is -3.47. The summed E-state index contributed by atoms with van der Waals surface area (Å²) in [5.41, 5.74) is 2.99. The summed E-state index contributed by atoms with van der Waals surface area (Å²) in [5.74, 6) is 4.13. The Bertz CT molecular complexity index is 1410. The van der Waals surface area contributed by atoms with Gasteiger partial charge in [-0.05, 0) is 60.4 Å². The van der Waals surface area contributed by atoms with Gasteiger partial charge in [0.25, 0.3) is 0 Å². The van der Waals surface area contributed by atoms with Gasteiger partial charge in [0.1, 0.15) is 30.2 Å². The number of benzene rings is 2. The van der Waals surface area contributed by atoms with E-state index in [4.69, 9.17) is 9.57 Å². The molecule has 0 saturated carbocycles. The molecule has 7 nitrogen and oxygen atoms in total. The highest BCUT2D eigenvalue weighted by Crippen LogP contribution is 2.49. The molecule has 0 radical (unpaired) electrons. The van der Waals surface area contributed by atoms with E-state index in [0.29, 0.717) is 11.6 Å². The van der Waals surface area contributed by atoms with E-state index in [1.54, 1.807) is 30.3 Å². The van der Waals surface area contributed by atoms with Gasteiger partial charge in [-0.1, -0.05) is 23.4 Å². The monoisotopic (exact) mass is 541 g/mol. The van der Waals surface area contributed by atoms with Crippen molar-refractivity contribution in [3.63, 3.8) is 0 Å². The van der Waals surface area contributed by atoms with E-state index in [0.717, 1.165) is 64.8 Å². The van der Waals surface area contributed by atoms with Gasteiger partial charge in [0.15, 0.2) is 5.84 Å². The number of thioether (sulfide) groups is 1. The quantitative estimate of drug-likeness (QED) is 0.434. The van der Waals surface area contributed by atoms with Crippen molar-refractivity contribution in [2.45, 2.75) is 25.6 Å². The molecule has 0 aliphatic carbocycles. The number of hydrogen-bond donors (Lipinski definition) is 0. The zero-order valence-corrected chi connectivity index (χ0v) is 21.7. The van der Waals surface area contributed by atoms with Crippen molar-refractivity contribution in [3.05, 3.63) is 76.9 Å². The lowest BCUT2D eigenvalue weighted by atomic mass is 9.78. The first kappa shape index (κ1) is 24.8. The van der Waals surface area contributed by atoms with E-state index in [2.05, 4.69) is 26.2 Å². The number of halogens is 3. The summed E-state index contributed by atoms with van der Waals surface area (Å²) in [5, 5.41) is 8.82. The molecule has 2 fully saturated rings. The number of alkyl halides is 3. The SMILES string of the molecule is COc1cc(C=C2CC3(CSC3)CN3C2=NOCC3c2ccc(C(F)(F)F)cc2)ccc1-n1cnc(C)n1. The molecule has 0 amide bonds. The van der Waals surface area contributed by atoms with Crippen LogP contribution in [0.2, 0.25) is 0 Å². The first-order valence-electron chi connectivity index (χ1n) is 12.2. The molecule has 1 atom stereocenters. The van der Waals surface area contributed by atoms with Crippen LogP contribution < -0.4 is 4.74 Å². The Morgan fingerprint density at radius 2 is 1.95 bits per heavy atom. The summed E-state index contributed by atoms with van der Waals surface area (Å²) in [6.07, 6.45) is 0.238. The number of methoxy groups -OCH3 is 1. The fraction of sp³-hybridized carbons (Fsp3) is 0.370. The normalized spacial score (nSPS) is 21.5. The summed E-state index contributed by atoms with van der Waals surface area (Å²) >= 11 is 1.91. The molecule has 3 aliphatic rings. The lowest BCUT2D eigenvalue weighted by molar-refractivity contribution is -0.137. The number of nitrogens with zero attached hydrogens (tertiary/aromatic N) is 5. The largest absolute Gasteiger partial charge is 0.494 e. The number of amidine groups is 1. The molecular weight excluding hydrogens is 515 g/mol. The van der Waals surface area contributed by atoms with Crippen molar-refractivity contribution >= 4 is 23.7 Å². The third-order valence-corrected chi connectivity index (χ3v) is 8.86. The predicted octanol–water partition coefficient (Wildman–Crippen LogP) is 5.51. The van der Waals surface area contributed by atoms with Gasteiger partial charge < -0.3 is 14.5 Å². The fourth-order valence-corrected chi connectivity index (χ4v) is 6.46. The van der Waals surface area contributed by atoms with E-state index in [-0.39, 0.29) is 18.1 Å². The predicted molar refractivity (Wildman–Crippen MR) is 139 cm³/mol. The Morgan fingerprint density at radius 1 is 1.16 bits per heavy atom. The van der Waals surface area contributed by atoms with Gasteiger partial charge >= 0.3 is 6.18 Å². The standard InChI is InChI=1S/C27H26F3N5O2S/c1-17-31-16-35(32-17)22-8-3-18(10-24(22)36-2)9-20-11-26(14-38-15-26)13-34-23(12-37-33-25(20)34)19-4-6-21(7-5-19)27(28,29)30/h3-10,16,23H,11-15H2,1-2H3. The average molecular weight is 542 g/mol. The van der Waals surface area contributed by atoms with E-state index in [1.807, 2.05) is 36.9 Å². The Balaban J connectivity index is 1.34. The molecule has 1 unspecified atom stereocenters. The van der Waals surface area contributed by atoms with E-state index in [9.17, 15) is 13.2 Å². The van der Waals surface area contributed by atoms with Crippen LogP contribution >= 0.6 is 11.8 Å².